The van der Waals surface area contributed by atoms with E-state index in [0.29, 0.717) is 11.8 Å². The zero-order valence-corrected chi connectivity index (χ0v) is 9.52. The summed E-state index contributed by atoms with van der Waals surface area (Å²) in [5.74, 6) is 2.19. The van der Waals surface area contributed by atoms with Gasteiger partial charge in [-0.3, -0.25) is 0 Å². The van der Waals surface area contributed by atoms with Gasteiger partial charge in [0.25, 0.3) is 0 Å². The van der Waals surface area contributed by atoms with E-state index in [1.165, 1.54) is 11.1 Å². The molecule has 1 aliphatic carbocycles. The SMILES string of the molecule is CC1C=CC=CC1c1ccc2c(c1)CCO2. The lowest BCUT2D eigenvalue weighted by atomic mass is 9.83. The molecule has 3 rings (SSSR count). The number of benzene rings is 1. The van der Waals surface area contributed by atoms with Gasteiger partial charge in [-0.25, -0.2) is 0 Å². The first kappa shape index (κ1) is 9.71. The number of hydrogen-bond acceptors (Lipinski definition) is 1. The molecule has 82 valence electrons. The summed E-state index contributed by atoms with van der Waals surface area (Å²) in [7, 11) is 0. The Kier molecular flexibility index (Phi) is 2.32. The molecule has 0 radical (unpaired) electrons. The lowest BCUT2D eigenvalue weighted by Gasteiger charge is -2.21. The maximum atomic E-state index is 5.54. The molecule has 0 N–H and O–H groups in total. The Morgan fingerprint density at radius 3 is 2.94 bits per heavy atom. The number of ether oxygens (including phenoxy) is 1. The molecule has 0 amide bonds. The Bertz CT molecular complexity index is 457. The summed E-state index contributed by atoms with van der Waals surface area (Å²) in [5, 5.41) is 0. The predicted molar refractivity (Wildman–Crippen MR) is 65.8 cm³/mol. The van der Waals surface area contributed by atoms with E-state index in [1.807, 2.05) is 0 Å². The molecule has 1 nitrogen and oxygen atoms in total. The first-order chi connectivity index (χ1) is 7.84. The van der Waals surface area contributed by atoms with E-state index < -0.39 is 0 Å². The van der Waals surface area contributed by atoms with Gasteiger partial charge in [0, 0.05) is 12.3 Å². The van der Waals surface area contributed by atoms with Crippen molar-refractivity contribution in [3.63, 3.8) is 0 Å². The minimum Gasteiger partial charge on any atom is -0.493 e. The van der Waals surface area contributed by atoms with Crippen LogP contribution in [0.5, 0.6) is 5.75 Å². The van der Waals surface area contributed by atoms with Crippen LogP contribution >= 0.6 is 0 Å². The van der Waals surface area contributed by atoms with Gasteiger partial charge in [-0.2, -0.15) is 0 Å². The second kappa shape index (κ2) is 3.82. The second-order valence-corrected chi connectivity index (χ2v) is 4.62. The van der Waals surface area contributed by atoms with Crippen molar-refractivity contribution < 1.29 is 4.74 Å². The highest BCUT2D eigenvalue weighted by molar-refractivity contribution is 5.43. The van der Waals surface area contributed by atoms with Crippen molar-refractivity contribution in [2.75, 3.05) is 6.61 Å². The van der Waals surface area contributed by atoms with Crippen LogP contribution in [0.4, 0.5) is 0 Å². The maximum absolute atomic E-state index is 5.54. The van der Waals surface area contributed by atoms with Crippen molar-refractivity contribution in [3.05, 3.63) is 53.6 Å². The Hall–Kier alpha value is -1.50. The molecule has 1 heteroatoms. The topological polar surface area (TPSA) is 9.23 Å². The van der Waals surface area contributed by atoms with Crippen LogP contribution < -0.4 is 4.74 Å². The molecule has 1 heterocycles. The highest BCUT2D eigenvalue weighted by atomic mass is 16.5. The molecule has 0 aromatic heterocycles. The Labute approximate surface area is 96.4 Å². The minimum absolute atomic E-state index is 0.524. The van der Waals surface area contributed by atoms with E-state index in [4.69, 9.17) is 4.74 Å². The highest BCUT2D eigenvalue weighted by Gasteiger charge is 2.19. The van der Waals surface area contributed by atoms with Crippen molar-refractivity contribution in [3.8, 4) is 5.75 Å². The van der Waals surface area contributed by atoms with Gasteiger partial charge in [0.15, 0.2) is 0 Å². The fourth-order valence-electron chi connectivity index (χ4n) is 2.55. The maximum Gasteiger partial charge on any atom is 0.122 e. The first-order valence-corrected chi connectivity index (χ1v) is 5.95. The van der Waals surface area contributed by atoms with Gasteiger partial charge in [0.1, 0.15) is 5.75 Å². The van der Waals surface area contributed by atoms with Crippen molar-refractivity contribution in [2.24, 2.45) is 5.92 Å². The molecule has 2 atom stereocenters. The van der Waals surface area contributed by atoms with Crippen molar-refractivity contribution in [1.82, 2.24) is 0 Å². The van der Waals surface area contributed by atoms with E-state index in [-0.39, 0.29) is 0 Å². The third-order valence-corrected chi connectivity index (χ3v) is 3.51. The van der Waals surface area contributed by atoms with Gasteiger partial charge in [-0.1, -0.05) is 43.4 Å². The Morgan fingerprint density at radius 2 is 2.06 bits per heavy atom. The molecule has 0 saturated heterocycles. The number of hydrogen-bond donors (Lipinski definition) is 0. The molecule has 2 aliphatic rings. The summed E-state index contributed by atoms with van der Waals surface area (Å²) in [4.78, 5) is 0. The largest absolute Gasteiger partial charge is 0.493 e. The average molecular weight is 212 g/mol. The normalized spacial score (nSPS) is 26.6. The molecule has 2 unspecified atom stereocenters. The summed E-state index contributed by atoms with van der Waals surface area (Å²) in [6.45, 7) is 3.11. The van der Waals surface area contributed by atoms with Crippen LogP contribution in [0.2, 0.25) is 0 Å². The fourth-order valence-corrected chi connectivity index (χ4v) is 2.55. The third kappa shape index (κ3) is 1.57. The number of fused-ring (bicyclic) bond motifs is 1. The highest BCUT2D eigenvalue weighted by Crippen LogP contribution is 2.34. The van der Waals surface area contributed by atoms with Crippen LogP contribution in [0.15, 0.2) is 42.5 Å². The Morgan fingerprint density at radius 1 is 1.19 bits per heavy atom. The smallest absolute Gasteiger partial charge is 0.122 e. The van der Waals surface area contributed by atoms with Crippen LogP contribution in [0.3, 0.4) is 0 Å². The molecule has 16 heavy (non-hydrogen) atoms. The van der Waals surface area contributed by atoms with Gasteiger partial charge < -0.3 is 4.74 Å². The van der Waals surface area contributed by atoms with Crippen LogP contribution in [-0.2, 0) is 6.42 Å². The average Bonchev–Trinajstić information content (AvgIpc) is 2.76. The van der Waals surface area contributed by atoms with Crippen LogP contribution in [-0.4, -0.2) is 6.61 Å². The van der Waals surface area contributed by atoms with Crippen molar-refractivity contribution in [1.29, 1.82) is 0 Å². The number of rotatable bonds is 1. The molecular formula is C15H16O. The lowest BCUT2D eigenvalue weighted by molar-refractivity contribution is 0.357. The van der Waals surface area contributed by atoms with E-state index in [2.05, 4.69) is 49.4 Å². The summed E-state index contributed by atoms with van der Waals surface area (Å²) in [6.07, 6.45) is 9.91. The minimum atomic E-state index is 0.524. The van der Waals surface area contributed by atoms with Crippen molar-refractivity contribution in [2.45, 2.75) is 19.3 Å². The number of allylic oxidation sites excluding steroid dienone is 4. The van der Waals surface area contributed by atoms with Gasteiger partial charge in [-0.05, 0) is 23.1 Å². The monoisotopic (exact) mass is 212 g/mol. The van der Waals surface area contributed by atoms with Crippen LogP contribution in [0.1, 0.15) is 24.0 Å². The Balaban J connectivity index is 1.95. The third-order valence-electron chi connectivity index (χ3n) is 3.51. The quantitative estimate of drug-likeness (QED) is 0.692. The van der Waals surface area contributed by atoms with Gasteiger partial charge in [0.05, 0.1) is 6.61 Å². The molecule has 1 aromatic rings. The van der Waals surface area contributed by atoms with Crippen LogP contribution in [0.25, 0.3) is 0 Å². The summed E-state index contributed by atoms with van der Waals surface area (Å²) in [5.41, 5.74) is 2.78. The zero-order valence-electron chi connectivity index (χ0n) is 9.52. The van der Waals surface area contributed by atoms with Crippen molar-refractivity contribution >= 4 is 0 Å². The zero-order chi connectivity index (χ0) is 11.0. The van der Waals surface area contributed by atoms with Gasteiger partial charge >= 0.3 is 0 Å². The summed E-state index contributed by atoms with van der Waals surface area (Å²) < 4.78 is 5.54. The van der Waals surface area contributed by atoms with E-state index >= 15 is 0 Å². The molecule has 0 bridgehead atoms. The molecule has 1 aromatic carbocycles. The van der Waals surface area contributed by atoms with Gasteiger partial charge in [-0.15, -0.1) is 0 Å². The molecular weight excluding hydrogens is 196 g/mol. The molecule has 1 aliphatic heterocycles. The summed E-state index contributed by atoms with van der Waals surface area (Å²) in [6, 6.07) is 6.64. The first-order valence-electron chi connectivity index (χ1n) is 5.95. The van der Waals surface area contributed by atoms with E-state index in [9.17, 15) is 0 Å². The van der Waals surface area contributed by atoms with Crippen LogP contribution in [0, 0.1) is 5.92 Å². The van der Waals surface area contributed by atoms with Gasteiger partial charge in [0.2, 0.25) is 0 Å². The molecule has 0 spiro atoms. The van der Waals surface area contributed by atoms with E-state index in [1.54, 1.807) is 0 Å². The second-order valence-electron chi connectivity index (χ2n) is 4.62. The standard InChI is InChI=1S/C15H16O/c1-11-4-2-3-5-14(11)12-6-7-15-13(10-12)8-9-16-15/h2-7,10-11,14H,8-9H2,1H3. The molecule has 0 saturated carbocycles. The fraction of sp³-hybridized carbons (Fsp3) is 0.333. The van der Waals surface area contributed by atoms with E-state index in [0.717, 1.165) is 18.8 Å². The predicted octanol–water partition coefficient (Wildman–Crippen LogP) is 3.47. The summed E-state index contributed by atoms with van der Waals surface area (Å²) >= 11 is 0. The molecule has 0 fully saturated rings. The lowest BCUT2D eigenvalue weighted by Crippen LogP contribution is -2.07.